The smallest absolute Gasteiger partial charge is 0.271 e. The summed E-state index contributed by atoms with van der Waals surface area (Å²) in [5.41, 5.74) is 0.851. The van der Waals surface area contributed by atoms with Crippen molar-refractivity contribution in [1.29, 1.82) is 0 Å². The SMILES string of the molecule is O=C(Cc1ccc(Cl)cc1)Nc1cc([N+](=O)[O-])ccc1Cl. The van der Waals surface area contributed by atoms with E-state index in [1.165, 1.54) is 18.2 Å². The Kier molecular flexibility index (Phi) is 4.77. The molecule has 0 fully saturated rings. The van der Waals surface area contributed by atoms with E-state index in [0.29, 0.717) is 5.02 Å². The summed E-state index contributed by atoms with van der Waals surface area (Å²) in [5, 5.41) is 14.1. The fraction of sp³-hybridized carbons (Fsp3) is 0.0714. The Labute approximate surface area is 130 Å². The standard InChI is InChI=1S/C14H10Cl2N2O3/c15-10-3-1-9(2-4-10)7-14(19)17-13-8-11(18(20)21)5-6-12(13)16/h1-6,8H,7H2,(H,17,19). The minimum absolute atomic E-state index is 0.121. The van der Waals surface area contributed by atoms with E-state index in [-0.39, 0.29) is 28.7 Å². The second-order valence-corrected chi connectivity index (χ2v) is 5.12. The van der Waals surface area contributed by atoms with E-state index >= 15 is 0 Å². The maximum atomic E-state index is 11.9. The van der Waals surface area contributed by atoms with Crippen molar-refractivity contribution in [1.82, 2.24) is 0 Å². The van der Waals surface area contributed by atoms with Crippen molar-refractivity contribution in [2.75, 3.05) is 5.32 Å². The third kappa shape index (κ3) is 4.18. The molecule has 0 spiro atoms. The molecule has 108 valence electrons. The van der Waals surface area contributed by atoms with Gasteiger partial charge in [-0.25, -0.2) is 0 Å². The lowest BCUT2D eigenvalue weighted by atomic mass is 10.1. The number of nitrogens with zero attached hydrogens (tertiary/aromatic N) is 1. The number of amides is 1. The van der Waals surface area contributed by atoms with Gasteiger partial charge in [0.2, 0.25) is 5.91 Å². The molecule has 2 aromatic rings. The van der Waals surface area contributed by atoms with Gasteiger partial charge in [0.15, 0.2) is 0 Å². The molecule has 1 N–H and O–H groups in total. The van der Waals surface area contributed by atoms with E-state index in [2.05, 4.69) is 5.32 Å². The Balaban J connectivity index is 2.10. The zero-order valence-electron chi connectivity index (χ0n) is 10.7. The van der Waals surface area contributed by atoms with Crippen molar-refractivity contribution >= 4 is 40.5 Å². The first-order valence-electron chi connectivity index (χ1n) is 5.94. The molecule has 21 heavy (non-hydrogen) atoms. The number of rotatable bonds is 4. The third-order valence-electron chi connectivity index (χ3n) is 2.71. The van der Waals surface area contributed by atoms with Crippen LogP contribution < -0.4 is 5.32 Å². The van der Waals surface area contributed by atoms with Crippen LogP contribution in [-0.2, 0) is 11.2 Å². The molecule has 0 atom stereocenters. The summed E-state index contributed by atoms with van der Waals surface area (Å²) in [6, 6.07) is 10.7. The lowest BCUT2D eigenvalue weighted by Crippen LogP contribution is -2.14. The average molecular weight is 325 g/mol. The van der Waals surface area contributed by atoms with Crippen LogP contribution in [0.4, 0.5) is 11.4 Å². The van der Waals surface area contributed by atoms with Gasteiger partial charge in [-0.3, -0.25) is 14.9 Å². The highest BCUT2D eigenvalue weighted by Gasteiger charge is 2.12. The van der Waals surface area contributed by atoms with Crippen LogP contribution in [-0.4, -0.2) is 10.8 Å². The van der Waals surface area contributed by atoms with Gasteiger partial charge in [0, 0.05) is 17.2 Å². The highest BCUT2D eigenvalue weighted by molar-refractivity contribution is 6.33. The van der Waals surface area contributed by atoms with E-state index < -0.39 is 4.92 Å². The van der Waals surface area contributed by atoms with Crippen molar-refractivity contribution in [2.45, 2.75) is 6.42 Å². The minimum Gasteiger partial charge on any atom is -0.324 e. The Bertz CT molecular complexity index is 687. The maximum Gasteiger partial charge on any atom is 0.271 e. The number of nitrogens with one attached hydrogen (secondary N) is 1. The average Bonchev–Trinajstić information content (AvgIpc) is 2.43. The maximum absolute atomic E-state index is 11.9. The third-order valence-corrected chi connectivity index (χ3v) is 3.29. The van der Waals surface area contributed by atoms with Crippen LogP contribution in [0.25, 0.3) is 0 Å². The Morgan fingerprint density at radius 2 is 1.81 bits per heavy atom. The van der Waals surface area contributed by atoms with E-state index in [4.69, 9.17) is 23.2 Å². The number of hydrogen-bond donors (Lipinski definition) is 1. The van der Waals surface area contributed by atoms with Gasteiger partial charge >= 0.3 is 0 Å². The van der Waals surface area contributed by atoms with E-state index in [9.17, 15) is 14.9 Å². The minimum atomic E-state index is -0.550. The normalized spacial score (nSPS) is 10.2. The molecule has 0 bridgehead atoms. The number of non-ortho nitro benzene ring substituents is 1. The number of anilines is 1. The van der Waals surface area contributed by atoms with Gasteiger partial charge in [0.05, 0.1) is 22.1 Å². The van der Waals surface area contributed by atoms with Gasteiger partial charge in [0.25, 0.3) is 5.69 Å². The summed E-state index contributed by atoms with van der Waals surface area (Å²) in [6.45, 7) is 0. The Hall–Kier alpha value is -2.11. The van der Waals surface area contributed by atoms with Crippen LogP contribution in [0.2, 0.25) is 10.0 Å². The molecule has 7 heteroatoms. The molecule has 2 aromatic carbocycles. The van der Waals surface area contributed by atoms with E-state index in [1.54, 1.807) is 24.3 Å². The van der Waals surface area contributed by atoms with Crippen molar-refractivity contribution in [3.63, 3.8) is 0 Å². The Morgan fingerprint density at radius 3 is 2.43 bits per heavy atom. The molecule has 0 aliphatic heterocycles. The predicted octanol–water partition coefficient (Wildman–Crippen LogP) is 4.08. The topological polar surface area (TPSA) is 72.2 Å². The van der Waals surface area contributed by atoms with Gasteiger partial charge in [-0.1, -0.05) is 35.3 Å². The largest absolute Gasteiger partial charge is 0.324 e. The zero-order chi connectivity index (χ0) is 15.4. The Morgan fingerprint density at radius 1 is 1.14 bits per heavy atom. The van der Waals surface area contributed by atoms with Crippen LogP contribution in [0.15, 0.2) is 42.5 Å². The fourth-order valence-corrected chi connectivity index (χ4v) is 2.00. The monoisotopic (exact) mass is 324 g/mol. The second kappa shape index (κ2) is 6.56. The number of halogens is 2. The summed E-state index contributed by atoms with van der Waals surface area (Å²) < 4.78 is 0. The molecule has 0 saturated carbocycles. The molecule has 0 aliphatic rings. The van der Waals surface area contributed by atoms with E-state index in [1.807, 2.05) is 0 Å². The first kappa shape index (κ1) is 15.3. The molecule has 0 radical (unpaired) electrons. The highest BCUT2D eigenvalue weighted by Crippen LogP contribution is 2.26. The van der Waals surface area contributed by atoms with Crippen molar-refractivity contribution < 1.29 is 9.72 Å². The van der Waals surface area contributed by atoms with Gasteiger partial charge in [0.1, 0.15) is 0 Å². The van der Waals surface area contributed by atoms with Gasteiger partial charge in [-0.05, 0) is 23.8 Å². The van der Waals surface area contributed by atoms with E-state index in [0.717, 1.165) is 5.56 Å². The van der Waals surface area contributed by atoms with Gasteiger partial charge in [-0.2, -0.15) is 0 Å². The summed E-state index contributed by atoms with van der Waals surface area (Å²) in [5.74, 6) is -0.320. The number of carbonyl (C=O) groups excluding carboxylic acids is 1. The molecule has 0 heterocycles. The zero-order valence-corrected chi connectivity index (χ0v) is 12.2. The molecule has 2 rings (SSSR count). The van der Waals surface area contributed by atoms with Crippen molar-refractivity contribution in [2.24, 2.45) is 0 Å². The number of benzene rings is 2. The van der Waals surface area contributed by atoms with Gasteiger partial charge < -0.3 is 5.32 Å². The molecule has 0 aromatic heterocycles. The second-order valence-electron chi connectivity index (χ2n) is 4.27. The molecule has 5 nitrogen and oxygen atoms in total. The highest BCUT2D eigenvalue weighted by atomic mass is 35.5. The van der Waals surface area contributed by atoms with Gasteiger partial charge in [-0.15, -0.1) is 0 Å². The first-order chi connectivity index (χ1) is 9.95. The van der Waals surface area contributed by atoms with Crippen LogP contribution in [0.5, 0.6) is 0 Å². The summed E-state index contributed by atoms with van der Waals surface area (Å²) in [7, 11) is 0. The van der Waals surface area contributed by atoms with Crippen LogP contribution in [0.3, 0.4) is 0 Å². The quantitative estimate of drug-likeness (QED) is 0.680. The number of nitro groups is 1. The number of nitro benzene ring substituents is 1. The molecule has 0 unspecified atom stereocenters. The lowest BCUT2D eigenvalue weighted by Gasteiger charge is -2.07. The van der Waals surface area contributed by atoms with Crippen LogP contribution in [0.1, 0.15) is 5.56 Å². The molecule has 0 saturated heterocycles. The molecule has 0 aliphatic carbocycles. The molecular formula is C14H10Cl2N2O3. The molecular weight excluding hydrogens is 315 g/mol. The van der Waals surface area contributed by atoms with Crippen molar-refractivity contribution in [3.05, 3.63) is 68.2 Å². The molecule has 1 amide bonds. The fourth-order valence-electron chi connectivity index (χ4n) is 1.70. The number of carbonyl (C=O) groups is 1. The predicted molar refractivity (Wildman–Crippen MR) is 81.9 cm³/mol. The first-order valence-corrected chi connectivity index (χ1v) is 6.69. The van der Waals surface area contributed by atoms with Crippen LogP contribution >= 0.6 is 23.2 Å². The van der Waals surface area contributed by atoms with Crippen LogP contribution in [0, 0.1) is 10.1 Å². The summed E-state index contributed by atoms with van der Waals surface area (Å²) in [4.78, 5) is 22.1. The lowest BCUT2D eigenvalue weighted by molar-refractivity contribution is -0.384. The van der Waals surface area contributed by atoms with Crippen molar-refractivity contribution in [3.8, 4) is 0 Å². The number of hydrogen-bond acceptors (Lipinski definition) is 3. The summed E-state index contributed by atoms with van der Waals surface area (Å²) in [6.07, 6.45) is 0.121. The summed E-state index contributed by atoms with van der Waals surface area (Å²) >= 11 is 11.7.